The van der Waals surface area contributed by atoms with E-state index in [4.69, 9.17) is 10.8 Å². The van der Waals surface area contributed by atoms with Gasteiger partial charge in [0.25, 0.3) is 0 Å². The van der Waals surface area contributed by atoms with Crippen LogP contribution in [0.15, 0.2) is 22.7 Å². The van der Waals surface area contributed by atoms with Crippen LogP contribution < -0.4 is 10.6 Å². The lowest BCUT2D eigenvalue weighted by atomic mass is 10.1. The first-order chi connectivity index (χ1) is 7.41. The lowest BCUT2D eigenvalue weighted by Gasteiger charge is -2.16. The van der Waals surface area contributed by atoms with Gasteiger partial charge in [0.05, 0.1) is 5.69 Å². The predicted octanol–water partition coefficient (Wildman–Crippen LogP) is 1.47. The number of hydrogen-bond donors (Lipinski definition) is 2. The van der Waals surface area contributed by atoms with E-state index in [1.807, 2.05) is 37.2 Å². The van der Waals surface area contributed by atoms with Gasteiger partial charge < -0.3 is 15.7 Å². The van der Waals surface area contributed by atoms with Crippen LogP contribution in [-0.2, 0) is 11.2 Å². The number of rotatable bonds is 4. The molecule has 1 unspecified atom stereocenters. The second-order valence-corrected chi connectivity index (χ2v) is 4.68. The molecule has 0 fully saturated rings. The van der Waals surface area contributed by atoms with Crippen LogP contribution in [0.5, 0.6) is 0 Å². The van der Waals surface area contributed by atoms with Gasteiger partial charge in [-0.2, -0.15) is 0 Å². The first kappa shape index (κ1) is 13.0. The number of carboxylic acids is 1. The summed E-state index contributed by atoms with van der Waals surface area (Å²) >= 11 is 3.44. The molecule has 0 saturated carbocycles. The summed E-state index contributed by atoms with van der Waals surface area (Å²) in [5.41, 5.74) is 7.43. The normalized spacial score (nSPS) is 12.2. The third-order valence-electron chi connectivity index (χ3n) is 2.27. The average molecular weight is 287 g/mol. The fourth-order valence-corrected chi connectivity index (χ4v) is 2.16. The number of aliphatic carboxylic acids is 1. The Hall–Kier alpha value is -1.07. The fraction of sp³-hybridized carbons (Fsp3) is 0.364. The van der Waals surface area contributed by atoms with E-state index in [0.717, 1.165) is 15.7 Å². The van der Waals surface area contributed by atoms with Gasteiger partial charge >= 0.3 is 5.97 Å². The Morgan fingerprint density at radius 3 is 2.62 bits per heavy atom. The molecule has 3 N–H and O–H groups in total. The maximum absolute atomic E-state index is 10.6. The van der Waals surface area contributed by atoms with Crippen LogP contribution in [0.3, 0.4) is 0 Å². The number of nitrogens with zero attached hydrogens (tertiary/aromatic N) is 1. The van der Waals surface area contributed by atoms with Crippen LogP contribution in [0, 0.1) is 0 Å². The molecule has 1 atom stereocenters. The van der Waals surface area contributed by atoms with Crippen molar-refractivity contribution in [3.63, 3.8) is 0 Å². The summed E-state index contributed by atoms with van der Waals surface area (Å²) in [7, 11) is 3.89. The molecular weight excluding hydrogens is 272 g/mol. The standard InChI is InChI=1S/C11H15BrN2O2/c1-14(2)10-4-3-7(5-8(10)12)6-9(13)11(15)16/h3-5,9H,6,13H2,1-2H3,(H,15,16). The number of carbonyl (C=O) groups is 1. The largest absolute Gasteiger partial charge is 0.480 e. The molecular formula is C11H15BrN2O2. The zero-order chi connectivity index (χ0) is 12.3. The second kappa shape index (κ2) is 5.32. The van der Waals surface area contributed by atoms with Crippen molar-refractivity contribution in [2.75, 3.05) is 19.0 Å². The second-order valence-electron chi connectivity index (χ2n) is 3.83. The fourth-order valence-electron chi connectivity index (χ4n) is 1.38. The zero-order valence-corrected chi connectivity index (χ0v) is 10.9. The average Bonchev–Trinajstić information content (AvgIpc) is 2.16. The Kier molecular flexibility index (Phi) is 4.32. The first-order valence-corrected chi connectivity index (χ1v) is 5.65. The topological polar surface area (TPSA) is 66.6 Å². The summed E-state index contributed by atoms with van der Waals surface area (Å²) in [6, 6.07) is 4.88. The minimum atomic E-state index is -0.979. The highest BCUT2D eigenvalue weighted by Gasteiger charge is 2.13. The highest BCUT2D eigenvalue weighted by Crippen LogP contribution is 2.26. The predicted molar refractivity (Wildman–Crippen MR) is 67.8 cm³/mol. The molecule has 1 aromatic carbocycles. The highest BCUT2D eigenvalue weighted by atomic mass is 79.9. The van der Waals surface area contributed by atoms with Crippen molar-refractivity contribution in [2.24, 2.45) is 5.73 Å². The van der Waals surface area contributed by atoms with Gasteiger partial charge in [-0.05, 0) is 40.0 Å². The van der Waals surface area contributed by atoms with Crippen LogP contribution in [-0.4, -0.2) is 31.2 Å². The van der Waals surface area contributed by atoms with Crippen molar-refractivity contribution < 1.29 is 9.90 Å². The molecule has 0 radical (unpaired) electrons. The third-order valence-corrected chi connectivity index (χ3v) is 2.90. The number of carboxylic acid groups (broad SMARTS) is 1. The molecule has 0 saturated heterocycles. The van der Waals surface area contributed by atoms with E-state index in [1.165, 1.54) is 0 Å². The monoisotopic (exact) mass is 286 g/mol. The van der Waals surface area contributed by atoms with E-state index in [1.54, 1.807) is 0 Å². The first-order valence-electron chi connectivity index (χ1n) is 4.86. The van der Waals surface area contributed by atoms with Crippen molar-refractivity contribution in [3.8, 4) is 0 Å². The summed E-state index contributed by atoms with van der Waals surface area (Å²) in [6.07, 6.45) is 0.335. The molecule has 0 bridgehead atoms. The van der Waals surface area contributed by atoms with Crippen LogP contribution in [0.4, 0.5) is 5.69 Å². The number of anilines is 1. The molecule has 5 heteroatoms. The Balaban J connectivity index is 2.85. The van der Waals surface area contributed by atoms with Gasteiger partial charge in [0, 0.05) is 18.6 Å². The molecule has 0 amide bonds. The summed E-state index contributed by atoms with van der Waals surface area (Å²) < 4.78 is 0.938. The minimum Gasteiger partial charge on any atom is -0.480 e. The minimum absolute atomic E-state index is 0.335. The molecule has 0 aliphatic rings. The van der Waals surface area contributed by atoms with Crippen molar-refractivity contribution in [2.45, 2.75) is 12.5 Å². The van der Waals surface area contributed by atoms with Crippen molar-refractivity contribution >= 4 is 27.6 Å². The summed E-state index contributed by atoms with van der Waals surface area (Å²) in [6.45, 7) is 0. The van der Waals surface area contributed by atoms with Gasteiger partial charge in [0.1, 0.15) is 6.04 Å². The van der Waals surface area contributed by atoms with Gasteiger partial charge in [-0.25, -0.2) is 0 Å². The maximum atomic E-state index is 10.6. The van der Waals surface area contributed by atoms with Crippen LogP contribution in [0.25, 0.3) is 0 Å². The summed E-state index contributed by atoms with van der Waals surface area (Å²) in [4.78, 5) is 12.6. The summed E-state index contributed by atoms with van der Waals surface area (Å²) in [5.74, 6) is -0.979. The molecule has 16 heavy (non-hydrogen) atoms. The van der Waals surface area contributed by atoms with E-state index in [9.17, 15) is 4.79 Å². The molecule has 88 valence electrons. The zero-order valence-electron chi connectivity index (χ0n) is 9.27. The van der Waals surface area contributed by atoms with Gasteiger partial charge in [-0.3, -0.25) is 4.79 Å². The van der Waals surface area contributed by atoms with E-state index in [2.05, 4.69) is 15.9 Å². The third kappa shape index (κ3) is 3.21. The number of hydrogen-bond acceptors (Lipinski definition) is 3. The Morgan fingerprint density at radius 1 is 1.56 bits per heavy atom. The molecule has 4 nitrogen and oxygen atoms in total. The van der Waals surface area contributed by atoms with E-state index in [0.29, 0.717) is 6.42 Å². The Morgan fingerprint density at radius 2 is 2.19 bits per heavy atom. The molecule has 0 aromatic heterocycles. The Labute approximate surface area is 103 Å². The Bertz CT molecular complexity index is 394. The molecule has 0 spiro atoms. The van der Waals surface area contributed by atoms with E-state index in [-0.39, 0.29) is 0 Å². The van der Waals surface area contributed by atoms with Crippen molar-refractivity contribution in [1.82, 2.24) is 0 Å². The van der Waals surface area contributed by atoms with E-state index < -0.39 is 12.0 Å². The van der Waals surface area contributed by atoms with Gasteiger partial charge in [-0.1, -0.05) is 6.07 Å². The van der Waals surface area contributed by atoms with E-state index >= 15 is 0 Å². The maximum Gasteiger partial charge on any atom is 0.320 e. The molecule has 1 aromatic rings. The molecule has 1 rings (SSSR count). The highest BCUT2D eigenvalue weighted by molar-refractivity contribution is 9.10. The van der Waals surface area contributed by atoms with Crippen molar-refractivity contribution in [3.05, 3.63) is 28.2 Å². The molecule has 0 heterocycles. The number of nitrogens with two attached hydrogens (primary N) is 1. The van der Waals surface area contributed by atoms with Crippen LogP contribution in [0.2, 0.25) is 0 Å². The SMILES string of the molecule is CN(C)c1ccc(CC(N)C(=O)O)cc1Br. The molecule has 0 aliphatic heterocycles. The lowest BCUT2D eigenvalue weighted by Crippen LogP contribution is -2.32. The van der Waals surface area contributed by atoms with Crippen LogP contribution >= 0.6 is 15.9 Å². The number of halogens is 1. The van der Waals surface area contributed by atoms with Gasteiger partial charge in [-0.15, -0.1) is 0 Å². The number of benzene rings is 1. The van der Waals surface area contributed by atoms with Crippen molar-refractivity contribution in [1.29, 1.82) is 0 Å². The molecule has 0 aliphatic carbocycles. The quantitative estimate of drug-likeness (QED) is 0.880. The summed E-state index contributed by atoms with van der Waals surface area (Å²) in [5, 5.41) is 8.71. The smallest absolute Gasteiger partial charge is 0.320 e. The van der Waals surface area contributed by atoms with Gasteiger partial charge in [0.15, 0.2) is 0 Å². The van der Waals surface area contributed by atoms with Crippen LogP contribution in [0.1, 0.15) is 5.56 Å². The lowest BCUT2D eigenvalue weighted by molar-refractivity contribution is -0.138. The van der Waals surface area contributed by atoms with Gasteiger partial charge in [0.2, 0.25) is 0 Å².